The summed E-state index contributed by atoms with van der Waals surface area (Å²) in [4.78, 5) is 25.4. The van der Waals surface area contributed by atoms with E-state index in [2.05, 4.69) is 45.4 Å². The van der Waals surface area contributed by atoms with E-state index in [0.29, 0.717) is 23.0 Å². The van der Waals surface area contributed by atoms with Crippen LogP contribution in [0.5, 0.6) is 0 Å². The molecule has 2 aromatic heterocycles. The zero-order valence-corrected chi connectivity index (χ0v) is 25.6. The summed E-state index contributed by atoms with van der Waals surface area (Å²) in [5.74, 6) is 0.568. The van der Waals surface area contributed by atoms with Gasteiger partial charge in [-0.25, -0.2) is 9.97 Å². The van der Waals surface area contributed by atoms with E-state index >= 15 is 0 Å². The fourth-order valence-electron chi connectivity index (χ4n) is 5.38. The Morgan fingerprint density at radius 3 is 2.36 bits per heavy atom. The highest BCUT2D eigenvalue weighted by atomic mass is 32.2. The lowest BCUT2D eigenvalue weighted by Crippen LogP contribution is -2.38. The number of ether oxygens (including phenoxy) is 2. The topological polar surface area (TPSA) is 106 Å². The van der Waals surface area contributed by atoms with E-state index in [1.54, 1.807) is 54.7 Å². The summed E-state index contributed by atoms with van der Waals surface area (Å²) in [5, 5.41) is 13.3. The van der Waals surface area contributed by atoms with Gasteiger partial charge in [-0.2, -0.15) is 0 Å². The molecule has 3 aromatic carbocycles. The van der Waals surface area contributed by atoms with Crippen molar-refractivity contribution in [2.75, 3.05) is 5.75 Å². The predicted molar refractivity (Wildman–Crippen MR) is 173 cm³/mol. The summed E-state index contributed by atoms with van der Waals surface area (Å²) in [6.45, 7) is 2.53. The number of nitrogens with one attached hydrogen (secondary N) is 1. The second-order valence-electron chi connectivity index (χ2n) is 10.9. The van der Waals surface area contributed by atoms with Gasteiger partial charge in [-0.05, 0) is 46.0 Å². The zero-order valence-electron chi connectivity index (χ0n) is 24.8. The molecule has 1 amide bonds. The molecule has 1 fully saturated rings. The molecule has 1 aliphatic rings. The van der Waals surface area contributed by atoms with Crippen molar-refractivity contribution in [1.29, 1.82) is 0 Å². The molecule has 45 heavy (non-hydrogen) atoms. The van der Waals surface area contributed by atoms with Gasteiger partial charge in [0.2, 0.25) is 0 Å². The lowest BCUT2D eigenvalue weighted by atomic mass is 9.91. The molecule has 6 rings (SSSR count). The second kappa shape index (κ2) is 14.6. The third-order valence-electron chi connectivity index (χ3n) is 7.92. The lowest BCUT2D eigenvalue weighted by Gasteiger charge is -2.41. The van der Waals surface area contributed by atoms with Crippen molar-refractivity contribution in [3.8, 4) is 11.1 Å². The Morgan fingerprint density at radius 2 is 1.62 bits per heavy atom. The van der Waals surface area contributed by atoms with Gasteiger partial charge in [0, 0.05) is 48.6 Å². The standard InChI is InChI=1S/C36H34N4O4S/c1-24-32(23-45-36-38-18-5-19-39-36)43-35(44-33(24)27-11-9-25(22-41)10-12-27)28-15-13-26(14-16-28)31-8-3-2-6-29(31)21-40-34(42)30-7-4-17-37-20-30/h2-20,24,32-33,35,41H,21-23H2,1H3,(H,40,42)/t24-,32+,33+,35+/m0/s1. The molecule has 3 heterocycles. The molecule has 228 valence electrons. The third-order valence-corrected chi connectivity index (χ3v) is 8.88. The molecule has 0 unspecified atom stereocenters. The molecule has 9 heteroatoms. The van der Waals surface area contributed by atoms with E-state index in [1.807, 2.05) is 54.6 Å². The Bertz CT molecular complexity index is 1690. The Balaban J connectivity index is 1.21. The monoisotopic (exact) mass is 618 g/mol. The molecule has 0 spiro atoms. The first-order chi connectivity index (χ1) is 22.1. The molecule has 0 radical (unpaired) electrons. The van der Waals surface area contributed by atoms with Crippen LogP contribution in [0.1, 0.15) is 51.9 Å². The number of aromatic nitrogens is 3. The number of nitrogens with zero attached hydrogens (tertiary/aromatic N) is 3. The van der Waals surface area contributed by atoms with Gasteiger partial charge >= 0.3 is 0 Å². The van der Waals surface area contributed by atoms with Gasteiger partial charge < -0.3 is 19.9 Å². The number of aliphatic hydroxyl groups excluding tert-OH is 1. The average molecular weight is 619 g/mol. The zero-order chi connectivity index (χ0) is 31.0. The van der Waals surface area contributed by atoms with Crippen LogP contribution in [0.25, 0.3) is 11.1 Å². The van der Waals surface area contributed by atoms with Gasteiger partial charge in [-0.1, -0.05) is 91.5 Å². The van der Waals surface area contributed by atoms with Crippen LogP contribution in [0.3, 0.4) is 0 Å². The summed E-state index contributed by atoms with van der Waals surface area (Å²) in [6.07, 6.45) is 5.79. The van der Waals surface area contributed by atoms with Gasteiger partial charge in [0.15, 0.2) is 11.4 Å². The third kappa shape index (κ3) is 7.46. The van der Waals surface area contributed by atoms with Crippen molar-refractivity contribution in [3.63, 3.8) is 0 Å². The minimum Gasteiger partial charge on any atom is -0.392 e. The molecule has 0 saturated carbocycles. The Morgan fingerprint density at radius 1 is 0.867 bits per heavy atom. The summed E-state index contributed by atoms with van der Waals surface area (Å²) in [6, 6.07) is 29.5. The molecule has 1 aliphatic heterocycles. The highest BCUT2D eigenvalue weighted by Gasteiger charge is 2.38. The Kier molecular flexibility index (Phi) is 9.92. The molecule has 1 saturated heterocycles. The van der Waals surface area contributed by atoms with E-state index in [-0.39, 0.29) is 30.6 Å². The number of carbonyl (C=O) groups is 1. The highest BCUT2D eigenvalue weighted by Crippen LogP contribution is 2.43. The van der Waals surface area contributed by atoms with Gasteiger partial charge in [-0.3, -0.25) is 9.78 Å². The maximum absolute atomic E-state index is 12.6. The normalized spacial score (nSPS) is 19.6. The molecule has 5 aromatic rings. The molecular formula is C36H34N4O4S. The van der Waals surface area contributed by atoms with Crippen molar-refractivity contribution >= 4 is 17.7 Å². The SMILES string of the molecule is C[C@H]1[C@@H](CSc2ncccn2)O[C@@H](c2ccc(-c3ccccc3CNC(=O)c3cccnc3)cc2)O[C@H]1c1ccc(CO)cc1. The van der Waals surface area contributed by atoms with Crippen molar-refractivity contribution in [2.45, 2.75) is 43.7 Å². The summed E-state index contributed by atoms with van der Waals surface area (Å²) in [5.41, 5.74) is 6.40. The first kappa shape index (κ1) is 30.6. The minimum absolute atomic E-state index is 0.00418. The Labute approximate surface area is 266 Å². The van der Waals surface area contributed by atoms with Crippen molar-refractivity contribution in [1.82, 2.24) is 20.3 Å². The van der Waals surface area contributed by atoms with E-state index < -0.39 is 6.29 Å². The number of aliphatic hydroxyl groups is 1. The molecule has 8 nitrogen and oxygen atoms in total. The summed E-state index contributed by atoms with van der Waals surface area (Å²) < 4.78 is 13.2. The predicted octanol–water partition coefficient (Wildman–Crippen LogP) is 6.54. The van der Waals surface area contributed by atoms with Crippen molar-refractivity contribution in [3.05, 3.63) is 144 Å². The van der Waals surface area contributed by atoms with Gasteiger partial charge in [0.05, 0.1) is 24.4 Å². The molecule has 0 bridgehead atoms. The fraction of sp³-hybridized carbons (Fsp3) is 0.222. The van der Waals surface area contributed by atoms with Crippen LogP contribution in [0.2, 0.25) is 0 Å². The smallest absolute Gasteiger partial charge is 0.253 e. The molecular weight excluding hydrogens is 584 g/mol. The molecule has 2 N–H and O–H groups in total. The lowest BCUT2D eigenvalue weighted by molar-refractivity contribution is -0.268. The summed E-state index contributed by atoms with van der Waals surface area (Å²) >= 11 is 1.57. The molecule has 4 atom stereocenters. The van der Waals surface area contributed by atoms with Crippen LogP contribution in [0.4, 0.5) is 0 Å². The second-order valence-corrected chi connectivity index (χ2v) is 11.9. The number of rotatable bonds is 10. The number of hydrogen-bond donors (Lipinski definition) is 2. The van der Waals surface area contributed by atoms with Crippen LogP contribution in [-0.2, 0) is 22.6 Å². The van der Waals surface area contributed by atoms with E-state index in [1.165, 1.54) is 0 Å². The number of pyridine rings is 1. The van der Waals surface area contributed by atoms with Crippen LogP contribution >= 0.6 is 11.8 Å². The Hall–Kier alpha value is -4.41. The van der Waals surface area contributed by atoms with E-state index in [9.17, 15) is 9.90 Å². The van der Waals surface area contributed by atoms with Crippen LogP contribution in [0, 0.1) is 5.92 Å². The quantitative estimate of drug-likeness (QED) is 0.134. The summed E-state index contributed by atoms with van der Waals surface area (Å²) in [7, 11) is 0. The van der Waals surface area contributed by atoms with E-state index in [4.69, 9.17) is 9.47 Å². The van der Waals surface area contributed by atoms with Crippen LogP contribution in [-0.4, -0.2) is 37.8 Å². The molecule has 0 aliphatic carbocycles. The maximum atomic E-state index is 12.6. The number of carbonyl (C=O) groups excluding carboxylic acids is 1. The number of hydrogen-bond acceptors (Lipinski definition) is 8. The first-order valence-electron chi connectivity index (χ1n) is 14.9. The van der Waals surface area contributed by atoms with Crippen LogP contribution < -0.4 is 5.32 Å². The van der Waals surface area contributed by atoms with Gasteiger partial charge in [-0.15, -0.1) is 0 Å². The van der Waals surface area contributed by atoms with E-state index in [0.717, 1.165) is 33.4 Å². The van der Waals surface area contributed by atoms with Gasteiger partial charge in [0.25, 0.3) is 5.91 Å². The fourth-order valence-corrected chi connectivity index (χ4v) is 6.34. The first-order valence-corrected chi connectivity index (χ1v) is 15.8. The minimum atomic E-state index is -0.575. The largest absolute Gasteiger partial charge is 0.392 e. The van der Waals surface area contributed by atoms with Crippen LogP contribution in [0.15, 0.2) is 121 Å². The highest BCUT2D eigenvalue weighted by molar-refractivity contribution is 7.99. The van der Waals surface area contributed by atoms with Gasteiger partial charge in [0.1, 0.15) is 0 Å². The number of amides is 1. The average Bonchev–Trinajstić information content (AvgIpc) is 3.11. The van der Waals surface area contributed by atoms with Crippen molar-refractivity contribution < 1.29 is 19.4 Å². The van der Waals surface area contributed by atoms with Crippen molar-refractivity contribution in [2.24, 2.45) is 5.92 Å². The number of benzene rings is 3. The number of thioether (sulfide) groups is 1. The maximum Gasteiger partial charge on any atom is 0.253 e.